The Labute approximate surface area is 108 Å². The van der Waals surface area contributed by atoms with Crippen molar-refractivity contribution in [2.75, 3.05) is 25.6 Å². The van der Waals surface area contributed by atoms with Gasteiger partial charge in [-0.15, -0.1) is 0 Å². The molecule has 0 radical (unpaired) electrons. The molecule has 0 spiro atoms. The van der Waals surface area contributed by atoms with Crippen molar-refractivity contribution >= 4 is 11.6 Å². The number of benzene rings is 1. The van der Waals surface area contributed by atoms with Gasteiger partial charge < -0.3 is 15.4 Å². The van der Waals surface area contributed by atoms with E-state index in [4.69, 9.17) is 4.74 Å². The summed E-state index contributed by atoms with van der Waals surface area (Å²) < 4.78 is 5.01. The van der Waals surface area contributed by atoms with Crippen molar-refractivity contribution in [3.05, 3.63) is 28.8 Å². The lowest BCUT2D eigenvalue weighted by Gasteiger charge is -2.13. The van der Waals surface area contributed by atoms with Gasteiger partial charge in [0.05, 0.1) is 0 Å². The predicted octanol–water partition coefficient (Wildman–Crippen LogP) is 1.92. The molecular formula is C14H20N2O2. The van der Waals surface area contributed by atoms with Gasteiger partial charge >= 0.3 is 0 Å². The number of nitrogens with one attached hydrogen (secondary N) is 2. The molecule has 1 aromatic carbocycles. The summed E-state index contributed by atoms with van der Waals surface area (Å²) in [5.74, 6) is 0.0415. The average Bonchev–Trinajstić information content (AvgIpc) is 2.68. The van der Waals surface area contributed by atoms with E-state index in [2.05, 4.69) is 16.7 Å². The number of aryl methyl sites for hydroxylation is 2. The second kappa shape index (κ2) is 5.50. The molecule has 0 fully saturated rings. The van der Waals surface area contributed by atoms with Crippen LogP contribution < -0.4 is 10.6 Å². The van der Waals surface area contributed by atoms with Gasteiger partial charge in [0.25, 0.3) is 0 Å². The number of hydrogen-bond acceptors (Lipinski definition) is 3. The third kappa shape index (κ3) is 2.40. The van der Waals surface area contributed by atoms with E-state index in [-0.39, 0.29) is 11.9 Å². The Morgan fingerprint density at radius 3 is 2.78 bits per heavy atom. The number of carbonyl (C=O) groups is 1. The molecule has 1 unspecified atom stereocenters. The van der Waals surface area contributed by atoms with Crippen molar-refractivity contribution in [2.45, 2.75) is 26.3 Å². The van der Waals surface area contributed by atoms with Crippen LogP contribution in [0.15, 0.2) is 12.1 Å². The number of fused-ring (bicyclic) bond motifs is 1. The van der Waals surface area contributed by atoms with Crippen molar-refractivity contribution in [3.8, 4) is 0 Å². The van der Waals surface area contributed by atoms with Crippen molar-refractivity contribution in [2.24, 2.45) is 0 Å². The number of rotatable bonds is 5. The molecule has 0 saturated carbocycles. The molecular weight excluding hydrogens is 228 g/mol. The summed E-state index contributed by atoms with van der Waals surface area (Å²) >= 11 is 0. The number of carbonyl (C=O) groups excluding carboxylic acids is 1. The highest BCUT2D eigenvalue weighted by Crippen LogP contribution is 2.35. The quantitative estimate of drug-likeness (QED) is 0.783. The lowest BCUT2D eigenvalue weighted by molar-refractivity contribution is -0.117. The molecule has 1 aliphatic rings. The maximum atomic E-state index is 12.0. The summed E-state index contributed by atoms with van der Waals surface area (Å²) in [6.07, 6.45) is 0.903. The minimum absolute atomic E-state index is 0.0415. The smallest absolute Gasteiger partial charge is 0.246 e. The van der Waals surface area contributed by atoms with Crippen molar-refractivity contribution in [3.63, 3.8) is 0 Å². The molecule has 98 valence electrons. The molecule has 4 heteroatoms. The zero-order chi connectivity index (χ0) is 13.1. The van der Waals surface area contributed by atoms with Crippen LogP contribution in [0, 0.1) is 13.8 Å². The number of ether oxygens (including phenoxy) is 1. The molecule has 1 aliphatic heterocycles. The summed E-state index contributed by atoms with van der Waals surface area (Å²) in [6, 6.07) is 3.89. The molecule has 1 atom stereocenters. The standard InChI is InChI=1S/C14H20N2O2/c1-9-5-6-10(2)12-11(9)13(14(17)16-12)15-7-4-8-18-3/h5-6,13,15H,4,7-8H2,1-3H3,(H,16,17). The summed E-state index contributed by atoms with van der Waals surface area (Å²) in [4.78, 5) is 12.0. The third-order valence-corrected chi connectivity index (χ3v) is 3.34. The average molecular weight is 248 g/mol. The molecule has 18 heavy (non-hydrogen) atoms. The topological polar surface area (TPSA) is 50.4 Å². The lowest BCUT2D eigenvalue weighted by Crippen LogP contribution is -2.29. The van der Waals surface area contributed by atoms with E-state index in [0.29, 0.717) is 6.61 Å². The maximum Gasteiger partial charge on any atom is 0.246 e. The summed E-state index contributed by atoms with van der Waals surface area (Å²) in [6.45, 7) is 5.55. The van der Waals surface area contributed by atoms with E-state index in [9.17, 15) is 4.79 Å². The van der Waals surface area contributed by atoms with Crippen molar-refractivity contribution in [1.29, 1.82) is 0 Å². The van der Waals surface area contributed by atoms with Gasteiger partial charge in [0.15, 0.2) is 0 Å². The van der Waals surface area contributed by atoms with Crippen molar-refractivity contribution in [1.82, 2.24) is 5.32 Å². The lowest BCUT2D eigenvalue weighted by atomic mass is 9.99. The highest BCUT2D eigenvalue weighted by atomic mass is 16.5. The first-order chi connectivity index (χ1) is 8.65. The highest BCUT2D eigenvalue weighted by Gasteiger charge is 2.32. The van der Waals surface area contributed by atoms with Crippen LogP contribution in [0.2, 0.25) is 0 Å². The molecule has 2 N–H and O–H groups in total. The van der Waals surface area contributed by atoms with Gasteiger partial charge in [-0.3, -0.25) is 4.79 Å². The van der Waals surface area contributed by atoms with Crippen LogP contribution in [-0.2, 0) is 9.53 Å². The molecule has 0 aromatic heterocycles. The van der Waals surface area contributed by atoms with Gasteiger partial charge in [-0.05, 0) is 37.9 Å². The van der Waals surface area contributed by atoms with Crippen LogP contribution in [0.25, 0.3) is 0 Å². The fraction of sp³-hybridized carbons (Fsp3) is 0.500. The molecule has 1 aromatic rings. The molecule has 1 heterocycles. The van der Waals surface area contributed by atoms with E-state index in [1.807, 2.05) is 19.9 Å². The Bertz CT molecular complexity index is 457. The van der Waals surface area contributed by atoms with E-state index >= 15 is 0 Å². The maximum absolute atomic E-state index is 12.0. The minimum Gasteiger partial charge on any atom is -0.385 e. The molecule has 0 aliphatic carbocycles. The third-order valence-electron chi connectivity index (χ3n) is 3.34. The minimum atomic E-state index is -0.225. The predicted molar refractivity (Wildman–Crippen MR) is 71.8 cm³/mol. The number of hydrogen-bond donors (Lipinski definition) is 2. The summed E-state index contributed by atoms with van der Waals surface area (Å²) in [7, 11) is 1.69. The number of amides is 1. The molecule has 0 saturated heterocycles. The number of methoxy groups -OCH3 is 1. The fourth-order valence-corrected chi connectivity index (χ4v) is 2.35. The Morgan fingerprint density at radius 2 is 2.06 bits per heavy atom. The highest BCUT2D eigenvalue weighted by molar-refractivity contribution is 6.03. The molecule has 2 rings (SSSR count). The molecule has 0 bridgehead atoms. The zero-order valence-electron chi connectivity index (χ0n) is 11.2. The van der Waals surface area contributed by atoms with Gasteiger partial charge in [0.2, 0.25) is 5.91 Å². The van der Waals surface area contributed by atoms with Gasteiger partial charge in [-0.2, -0.15) is 0 Å². The van der Waals surface area contributed by atoms with Crippen molar-refractivity contribution < 1.29 is 9.53 Å². The first kappa shape index (κ1) is 13.1. The Hall–Kier alpha value is -1.39. The Balaban J connectivity index is 2.14. The van der Waals surface area contributed by atoms with Crippen LogP contribution >= 0.6 is 0 Å². The summed E-state index contributed by atoms with van der Waals surface area (Å²) in [5, 5.41) is 6.26. The van der Waals surface area contributed by atoms with Crippen LogP contribution in [-0.4, -0.2) is 26.2 Å². The van der Waals surface area contributed by atoms with E-state index < -0.39 is 0 Å². The van der Waals surface area contributed by atoms with Gasteiger partial charge in [0, 0.05) is 25.0 Å². The second-order valence-corrected chi connectivity index (χ2v) is 4.71. The van der Waals surface area contributed by atoms with E-state index in [1.54, 1.807) is 7.11 Å². The summed E-state index contributed by atoms with van der Waals surface area (Å²) in [5.41, 5.74) is 4.34. The monoisotopic (exact) mass is 248 g/mol. The van der Waals surface area contributed by atoms with Crippen LogP contribution in [0.5, 0.6) is 0 Å². The van der Waals surface area contributed by atoms with Gasteiger partial charge in [0.1, 0.15) is 6.04 Å². The zero-order valence-corrected chi connectivity index (χ0v) is 11.2. The Morgan fingerprint density at radius 1 is 1.33 bits per heavy atom. The fourth-order valence-electron chi connectivity index (χ4n) is 2.35. The van der Waals surface area contributed by atoms with Gasteiger partial charge in [-0.1, -0.05) is 12.1 Å². The van der Waals surface area contributed by atoms with Crippen LogP contribution in [0.3, 0.4) is 0 Å². The van der Waals surface area contributed by atoms with Crippen LogP contribution in [0.1, 0.15) is 29.2 Å². The number of anilines is 1. The first-order valence-electron chi connectivity index (χ1n) is 6.28. The van der Waals surface area contributed by atoms with E-state index in [0.717, 1.165) is 35.3 Å². The van der Waals surface area contributed by atoms with E-state index in [1.165, 1.54) is 0 Å². The Kier molecular flexibility index (Phi) is 3.99. The van der Waals surface area contributed by atoms with Gasteiger partial charge in [-0.25, -0.2) is 0 Å². The second-order valence-electron chi connectivity index (χ2n) is 4.71. The largest absolute Gasteiger partial charge is 0.385 e. The molecule has 4 nitrogen and oxygen atoms in total. The normalized spacial score (nSPS) is 17.7. The molecule has 1 amide bonds. The first-order valence-corrected chi connectivity index (χ1v) is 6.28. The SMILES string of the molecule is COCCCNC1C(=O)Nc2c(C)ccc(C)c21. The van der Waals surface area contributed by atoms with Crippen LogP contribution in [0.4, 0.5) is 5.69 Å².